The Morgan fingerprint density at radius 2 is 1.67 bits per heavy atom. The number of hydrogen-bond acceptors (Lipinski definition) is 5. The number of rotatable bonds is 8. The SMILES string of the molecule is COc1ccc(C)cc1NC(=O)c1ccc(OCC(=O)OCc2ccccc2)cc1. The van der Waals surface area contributed by atoms with E-state index in [-0.39, 0.29) is 19.1 Å². The molecule has 3 aromatic carbocycles. The molecule has 0 aliphatic heterocycles. The van der Waals surface area contributed by atoms with Crippen LogP contribution in [0.25, 0.3) is 0 Å². The Hall–Kier alpha value is -3.80. The number of amides is 1. The third kappa shape index (κ3) is 5.85. The Morgan fingerprint density at radius 3 is 2.37 bits per heavy atom. The number of carbonyl (C=O) groups is 2. The van der Waals surface area contributed by atoms with Crippen LogP contribution >= 0.6 is 0 Å². The molecule has 0 saturated carbocycles. The van der Waals surface area contributed by atoms with Crippen LogP contribution in [-0.4, -0.2) is 25.6 Å². The molecule has 0 aliphatic rings. The highest BCUT2D eigenvalue weighted by molar-refractivity contribution is 6.05. The van der Waals surface area contributed by atoms with E-state index in [1.807, 2.05) is 49.4 Å². The van der Waals surface area contributed by atoms with Crippen molar-refractivity contribution < 1.29 is 23.8 Å². The second kappa shape index (κ2) is 10.1. The zero-order valence-electron chi connectivity index (χ0n) is 16.9. The summed E-state index contributed by atoms with van der Waals surface area (Å²) in [4.78, 5) is 24.3. The molecule has 0 unspecified atom stereocenters. The number of methoxy groups -OCH3 is 1. The van der Waals surface area contributed by atoms with Crippen LogP contribution in [0.3, 0.4) is 0 Å². The summed E-state index contributed by atoms with van der Waals surface area (Å²) in [7, 11) is 1.55. The normalized spacial score (nSPS) is 10.2. The van der Waals surface area contributed by atoms with E-state index in [0.717, 1.165) is 11.1 Å². The Morgan fingerprint density at radius 1 is 0.933 bits per heavy atom. The summed E-state index contributed by atoms with van der Waals surface area (Å²) in [6.07, 6.45) is 0. The van der Waals surface area contributed by atoms with E-state index in [1.54, 1.807) is 37.4 Å². The maximum Gasteiger partial charge on any atom is 0.344 e. The molecule has 0 aromatic heterocycles. The number of carbonyl (C=O) groups excluding carboxylic acids is 2. The second-order valence-corrected chi connectivity index (χ2v) is 6.62. The molecule has 6 heteroatoms. The minimum Gasteiger partial charge on any atom is -0.495 e. The quantitative estimate of drug-likeness (QED) is 0.563. The second-order valence-electron chi connectivity index (χ2n) is 6.62. The monoisotopic (exact) mass is 405 g/mol. The third-order valence-electron chi connectivity index (χ3n) is 4.32. The van der Waals surface area contributed by atoms with E-state index in [1.165, 1.54) is 0 Å². The molecule has 30 heavy (non-hydrogen) atoms. The van der Waals surface area contributed by atoms with Gasteiger partial charge < -0.3 is 19.5 Å². The van der Waals surface area contributed by atoms with Crippen LogP contribution in [0.4, 0.5) is 5.69 Å². The molecule has 0 heterocycles. The fraction of sp³-hybridized carbons (Fsp3) is 0.167. The average Bonchev–Trinajstić information content (AvgIpc) is 2.77. The number of aryl methyl sites for hydroxylation is 1. The van der Waals surface area contributed by atoms with Gasteiger partial charge in [0, 0.05) is 5.56 Å². The predicted molar refractivity (Wildman–Crippen MR) is 114 cm³/mol. The van der Waals surface area contributed by atoms with Crippen molar-refractivity contribution in [2.45, 2.75) is 13.5 Å². The maximum atomic E-state index is 12.5. The molecule has 0 saturated heterocycles. The number of anilines is 1. The van der Waals surface area contributed by atoms with Gasteiger partial charge in [-0.1, -0.05) is 36.4 Å². The lowest BCUT2D eigenvalue weighted by Crippen LogP contribution is -2.15. The van der Waals surface area contributed by atoms with Gasteiger partial charge >= 0.3 is 5.97 Å². The van der Waals surface area contributed by atoms with E-state index < -0.39 is 5.97 Å². The number of esters is 1. The summed E-state index contributed by atoms with van der Waals surface area (Å²) >= 11 is 0. The van der Waals surface area contributed by atoms with Crippen molar-refractivity contribution in [3.63, 3.8) is 0 Å². The minimum atomic E-state index is -0.466. The van der Waals surface area contributed by atoms with Gasteiger partial charge in [-0.25, -0.2) is 4.79 Å². The molecule has 6 nitrogen and oxygen atoms in total. The van der Waals surface area contributed by atoms with Gasteiger partial charge in [0.15, 0.2) is 6.61 Å². The highest BCUT2D eigenvalue weighted by Gasteiger charge is 2.11. The van der Waals surface area contributed by atoms with E-state index in [0.29, 0.717) is 22.7 Å². The van der Waals surface area contributed by atoms with Crippen molar-refractivity contribution >= 4 is 17.6 Å². The molecule has 3 aromatic rings. The van der Waals surface area contributed by atoms with Crippen LogP contribution in [0, 0.1) is 6.92 Å². The first-order valence-electron chi connectivity index (χ1n) is 9.43. The Kier molecular flexibility index (Phi) is 7.05. The van der Waals surface area contributed by atoms with Gasteiger partial charge in [-0.3, -0.25) is 4.79 Å². The molecule has 0 bridgehead atoms. The van der Waals surface area contributed by atoms with Gasteiger partial charge in [0.25, 0.3) is 5.91 Å². The van der Waals surface area contributed by atoms with Gasteiger partial charge in [0.05, 0.1) is 12.8 Å². The van der Waals surface area contributed by atoms with Crippen molar-refractivity contribution in [1.82, 2.24) is 0 Å². The van der Waals surface area contributed by atoms with Crippen LogP contribution < -0.4 is 14.8 Å². The Bertz CT molecular complexity index is 1000. The smallest absolute Gasteiger partial charge is 0.344 e. The number of ether oxygens (including phenoxy) is 3. The van der Waals surface area contributed by atoms with Crippen molar-refractivity contribution in [3.8, 4) is 11.5 Å². The van der Waals surface area contributed by atoms with Gasteiger partial charge in [-0.15, -0.1) is 0 Å². The third-order valence-corrected chi connectivity index (χ3v) is 4.32. The Labute approximate surface area is 175 Å². The topological polar surface area (TPSA) is 73.9 Å². The average molecular weight is 405 g/mol. The summed E-state index contributed by atoms with van der Waals surface area (Å²) in [5, 5.41) is 2.84. The largest absolute Gasteiger partial charge is 0.495 e. The van der Waals surface area contributed by atoms with Crippen molar-refractivity contribution in [2.24, 2.45) is 0 Å². The van der Waals surface area contributed by atoms with Crippen LogP contribution in [0.1, 0.15) is 21.5 Å². The van der Waals surface area contributed by atoms with Crippen molar-refractivity contribution in [2.75, 3.05) is 19.0 Å². The zero-order chi connectivity index (χ0) is 21.3. The lowest BCUT2D eigenvalue weighted by molar-refractivity contribution is -0.147. The zero-order valence-corrected chi connectivity index (χ0v) is 16.9. The fourth-order valence-corrected chi connectivity index (χ4v) is 2.74. The number of benzene rings is 3. The van der Waals surface area contributed by atoms with Crippen molar-refractivity contribution in [3.05, 3.63) is 89.5 Å². The first-order valence-corrected chi connectivity index (χ1v) is 9.43. The first kappa shape index (κ1) is 20.9. The summed E-state index contributed by atoms with van der Waals surface area (Å²) in [6, 6.07) is 21.5. The highest BCUT2D eigenvalue weighted by atomic mass is 16.6. The van der Waals surface area contributed by atoms with E-state index >= 15 is 0 Å². The van der Waals surface area contributed by atoms with Gasteiger partial charge in [-0.2, -0.15) is 0 Å². The highest BCUT2D eigenvalue weighted by Crippen LogP contribution is 2.26. The molecule has 0 fully saturated rings. The van der Waals surface area contributed by atoms with Crippen LogP contribution in [0.2, 0.25) is 0 Å². The summed E-state index contributed by atoms with van der Waals surface area (Å²) in [5.74, 6) is 0.319. The lowest BCUT2D eigenvalue weighted by Gasteiger charge is -2.11. The molecule has 154 valence electrons. The summed E-state index contributed by atoms with van der Waals surface area (Å²) in [5.41, 5.74) is 2.97. The van der Waals surface area contributed by atoms with E-state index in [2.05, 4.69) is 5.32 Å². The lowest BCUT2D eigenvalue weighted by atomic mass is 10.1. The van der Waals surface area contributed by atoms with Gasteiger partial charge in [0.2, 0.25) is 0 Å². The van der Waals surface area contributed by atoms with Crippen LogP contribution in [0.5, 0.6) is 11.5 Å². The molecule has 1 N–H and O–H groups in total. The van der Waals surface area contributed by atoms with Gasteiger partial charge in [0.1, 0.15) is 18.1 Å². The van der Waals surface area contributed by atoms with E-state index in [9.17, 15) is 9.59 Å². The van der Waals surface area contributed by atoms with Crippen LogP contribution in [-0.2, 0) is 16.1 Å². The minimum absolute atomic E-state index is 0.199. The number of hydrogen-bond donors (Lipinski definition) is 1. The fourth-order valence-electron chi connectivity index (χ4n) is 2.74. The van der Waals surface area contributed by atoms with Crippen LogP contribution in [0.15, 0.2) is 72.8 Å². The molecule has 1 amide bonds. The molecular weight excluding hydrogens is 382 g/mol. The van der Waals surface area contributed by atoms with Gasteiger partial charge in [-0.05, 0) is 54.4 Å². The van der Waals surface area contributed by atoms with E-state index in [4.69, 9.17) is 14.2 Å². The first-order chi connectivity index (χ1) is 14.5. The Balaban J connectivity index is 1.51. The molecule has 0 atom stereocenters. The molecule has 0 spiro atoms. The molecular formula is C24H23NO5. The summed E-state index contributed by atoms with van der Waals surface area (Å²) < 4.78 is 15.9. The molecule has 3 rings (SSSR count). The maximum absolute atomic E-state index is 12.5. The number of nitrogens with one attached hydrogen (secondary N) is 1. The van der Waals surface area contributed by atoms with Crippen molar-refractivity contribution in [1.29, 1.82) is 0 Å². The standard InChI is InChI=1S/C24H23NO5/c1-17-8-13-22(28-2)21(14-17)25-24(27)19-9-11-20(12-10-19)29-16-23(26)30-15-18-6-4-3-5-7-18/h3-14H,15-16H2,1-2H3,(H,25,27). The molecule has 0 radical (unpaired) electrons. The predicted octanol–water partition coefficient (Wildman–Crippen LogP) is 4.38. The summed E-state index contributed by atoms with van der Waals surface area (Å²) in [6.45, 7) is 1.93. The molecule has 0 aliphatic carbocycles.